The van der Waals surface area contributed by atoms with Gasteiger partial charge in [-0.25, -0.2) is 0 Å². The van der Waals surface area contributed by atoms with Crippen LogP contribution >= 0.6 is 11.3 Å². The molecule has 0 unspecified atom stereocenters. The topological polar surface area (TPSA) is 3.24 Å². The van der Waals surface area contributed by atoms with Gasteiger partial charge in [-0.1, -0.05) is 188 Å². The van der Waals surface area contributed by atoms with Crippen molar-refractivity contribution < 1.29 is 0 Å². The number of nitrogens with zero attached hydrogens (tertiary/aromatic N) is 1. The van der Waals surface area contributed by atoms with Crippen LogP contribution in [0.2, 0.25) is 0 Å². The molecule has 1 heterocycles. The SMILES string of the molecule is c1ccc(-c2c(-c3ccccc3)c3cc(N(c4ccc(-c5ccc(-c6ccc7ccccc7c6)cc5)cc4)c4cccc5sc6ccccc6c45)ccc3c3ccccc23)cc1. The van der Waals surface area contributed by atoms with Crippen molar-refractivity contribution in [1.82, 2.24) is 0 Å². The van der Waals surface area contributed by atoms with E-state index < -0.39 is 0 Å². The average Bonchev–Trinajstić information content (AvgIpc) is 3.74. The zero-order valence-electron chi connectivity index (χ0n) is 33.9. The lowest BCUT2D eigenvalue weighted by atomic mass is 9.85. The third-order valence-electron chi connectivity index (χ3n) is 12.4. The van der Waals surface area contributed by atoms with E-state index >= 15 is 0 Å². The van der Waals surface area contributed by atoms with Gasteiger partial charge >= 0.3 is 0 Å². The zero-order chi connectivity index (χ0) is 41.0. The largest absolute Gasteiger partial charge is 0.310 e. The molecule has 0 aliphatic carbocycles. The first kappa shape index (κ1) is 36.1. The molecule has 0 bridgehead atoms. The molecule has 2 heteroatoms. The molecule has 0 atom stereocenters. The summed E-state index contributed by atoms with van der Waals surface area (Å²) in [6.45, 7) is 0. The van der Waals surface area contributed by atoms with Crippen LogP contribution in [-0.4, -0.2) is 0 Å². The molecule has 1 aromatic heterocycles. The number of benzene rings is 11. The number of hydrogen-bond donors (Lipinski definition) is 0. The van der Waals surface area contributed by atoms with Crippen molar-refractivity contribution >= 4 is 80.9 Å². The van der Waals surface area contributed by atoms with Crippen LogP contribution in [0.3, 0.4) is 0 Å². The molecule has 0 saturated heterocycles. The van der Waals surface area contributed by atoms with Gasteiger partial charge in [-0.15, -0.1) is 11.3 Å². The van der Waals surface area contributed by atoms with Crippen LogP contribution in [0.25, 0.3) is 97.0 Å². The Morgan fingerprint density at radius 1 is 0.274 bits per heavy atom. The molecule has 0 fully saturated rings. The summed E-state index contributed by atoms with van der Waals surface area (Å²) in [5.74, 6) is 0. The Bertz CT molecular complexity index is 3610. The lowest BCUT2D eigenvalue weighted by Gasteiger charge is -2.28. The molecule has 1 nitrogen and oxygen atoms in total. The van der Waals surface area contributed by atoms with Crippen LogP contribution in [0.5, 0.6) is 0 Å². The molecule has 11 aromatic carbocycles. The molecule has 12 aromatic rings. The summed E-state index contributed by atoms with van der Waals surface area (Å²) in [6, 6.07) is 86.8. The molecule has 62 heavy (non-hydrogen) atoms. The second kappa shape index (κ2) is 15.0. The number of rotatable bonds is 7. The highest BCUT2D eigenvalue weighted by Gasteiger charge is 2.22. The minimum Gasteiger partial charge on any atom is -0.310 e. The molecule has 12 rings (SSSR count). The number of anilines is 3. The average molecular weight is 806 g/mol. The highest BCUT2D eigenvalue weighted by Crippen LogP contribution is 2.49. The van der Waals surface area contributed by atoms with Gasteiger partial charge in [-0.2, -0.15) is 0 Å². The van der Waals surface area contributed by atoms with E-state index in [0.717, 1.165) is 17.1 Å². The Morgan fingerprint density at radius 2 is 0.790 bits per heavy atom. The summed E-state index contributed by atoms with van der Waals surface area (Å²) in [6.07, 6.45) is 0. The van der Waals surface area contributed by atoms with Gasteiger partial charge in [0, 0.05) is 31.5 Å². The molecular weight excluding hydrogens is 767 g/mol. The predicted octanol–water partition coefficient (Wildman–Crippen LogP) is 17.7. The third-order valence-corrected chi connectivity index (χ3v) is 13.6. The Morgan fingerprint density at radius 3 is 1.52 bits per heavy atom. The molecule has 0 N–H and O–H groups in total. The molecular formula is C60H39NS. The fraction of sp³-hybridized carbons (Fsp3) is 0. The van der Waals surface area contributed by atoms with Crippen LogP contribution in [-0.2, 0) is 0 Å². The van der Waals surface area contributed by atoms with E-state index in [1.54, 1.807) is 0 Å². The van der Waals surface area contributed by atoms with Crippen LogP contribution < -0.4 is 4.90 Å². The van der Waals surface area contributed by atoms with Crippen molar-refractivity contribution in [1.29, 1.82) is 0 Å². The molecule has 0 saturated carbocycles. The molecule has 0 aliphatic heterocycles. The molecule has 0 spiro atoms. The maximum absolute atomic E-state index is 2.47. The van der Waals surface area contributed by atoms with Gasteiger partial charge in [0.05, 0.1) is 5.69 Å². The van der Waals surface area contributed by atoms with Crippen LogP contribution in [0, 0.1) is 0 Å². The maximum Gasteiger partial charge on any atom is 0.0554 e. The number of fused-ring (bicyclic) bond motifs is 7. The molecule has 0 aliphatic rings. The van der Waals surface area contributed by atoms with Crippen LogP contribution in [0.4, 0.5) is 17.1 Å². The van der Waals surface area contributed by atoms with Gasteiger partial charge in [0.2, 0.25) is 0 Å². The van der Waals surface area contributed by atoms with Gasteiger partial charge in [0.15, 0.2) is 0 Å². The smallest absolute Gasteiger partial charge is 0.0554 e. The molecule has 290 valence electrons. The first-order valence-electron chi connectivity index (χ1n) is 21.2. The normalized spacial score (nSPS) is 11.5. The van der Waals surface area contributed by atoms with Gasteiger partial charge < -0.3 is 4.90 Å². The Hall–Kier alpha value is -7.78. The minimum atomic E-state index is 1.11. The predicted molar refractivity (Wildman–Crippen MR) is 268 cm³/mol. The van der Waals surface area contributed by atoms with Crippen molar-refractivity contribution in [2.75, 3.05) is 4.90 Å². The third kappa shape index (κ3) is 6.15. The van der Waals surface area contributed by atoms with E-state index in [9.17, 15) is 0 Å². The van der Waals surface area contributed by atoms with Crippen LogP contribution in [0.1, 0.15) is 0 Å². The maximum atomic E-state index is 2.47. The van der Waals surface area contributed by atoms with E-state index in [0.29, 0.717) is 0 Å². The van der Waals surface area contributed by atoms with Crippen molar-refractivity contribution in [3.8, 4) is 44.5 Å². The highest BCUT2D eigenvalue weighted by molar-refractivity contribution is 7.26. The van der Waals surface area contributed by atoms with Crippen molar-refractivity contribution in [2.24, 2.45) is 0 Å². The zero-order valence-corrected chi connectivity index (χ0v) is 34.7. The van der Waals surface area contributed by atoms with Crippen molar-refractivity contribution in [3.63, 3.8) is 0 Å². The van der Waals surface area contributed by atoms with E-state index in [1.165, 1.54) is 97.0 Å². The van der Waals surface area contributed by atoms with Crippen LogP contribution in [0.15, 0.2) is 237 Å². The highest BCUT2D eigenvalue weighted by atomic mass is 32.1. The van der Waals surface area contributed by atoms with Crippen molar-refractivity contribution in [2.45, 2.75) is 0 Å². The van der Waals surface area contributed by atoms with Gasteiger partial charge in [0.1, 0.15) is 0 Å². The Kier molecular flexibility index (Phi) is 8.76. The molecule has 0 amide bonds. The monoisotopic (exact) mass is 805 g/mol. The van der Waals surface area contributed by atoms with E-state index in [1.807, 2.05) is 11.3 Å². The van der Waals surface area contributed by atoms with Gasteiger partial charge in [-0.3, -0.25) is 0 Å². The number of thiophene rings is 1. The standard InChI is InChI=1S/C60H39NS/c1-3-15-44(16-4-1)58-52-21-10-9-20-50(52)51-37-36-49(39-54(51)59(58)45-17-5-2-6-18-45)61(55-23-13-25-57-60(55)53-22-11-12-24-56(53)62-57)48-34-32-42(33-35-48)41-26-28-43(29-27-41)47-31-30-40-14-7-8-19-46(40)38-47/h1-39H. The lowest BCUT2D eigenvalue weighted by Crippen LogP contribution is -2.10. The number of hydrogen-bond acceptors (Lipinski definition) is 2. The minimum absolute atomic E-state index is 1.11. The quantitative estimate of drug-likeness (QED) is 0.145. The van der Waals surface area contributed by atoms with E-state index in [2.05, 4.69) is 241 Å². The van der Waals surface area contributed by atoms with Crippen molar-refractivity contribution in [3.05, 3.63) is 237 Å². The Balaban J connectivity index is 1.05. The van der Waals surface area contributed by atoms with Gasteiger partial charge in [-0.05, 0) is 125 Å². The Labute approximate surface area is 365 Å². The fourth-order valence-corrected chi connectivity index (χ4v) is 10.7. The summed E-state index contributed by atoms with van der Waals surface area (Å²) in [5, 5.41) is 10.0. The van der Waals surface area contributed by atoms with Gasteiger partial charge in [0.25, 0.3) is 0 Å². The summed E-state index contributed by atoms with van der Waals surface area (Å²) in [4.78, 5) is 2.47. The first-order valence-corrected chi connectivity index (χ1v) is 22.1. The van der Waals surface area contributed by atoms with E-state index in [4.69, 9.17) is 0 Å². The molecule has 0 radical (unpaired) electrons. The first-order chi connectivity index (χ1) is 30.7. The summed E-state index contributed by atoms with van der Waals surface area (Å²) in [7, 11) is 0. The fourth-order valence-electron chi connectivity index (χ4n) is 9.52. The summed E-state index contributed by atoms with van der Waals surface area (Å²) >= 11 is 1.86. The lowest BCUT2D eigenvalue weighted by molar-refractivity contribution is 1.31. The second-order valence-corrected chi connectivity index (χ2v) is 17.1. The summed E-state index contributed by atoms with van der Waals surface area (Å²) in [5.41, 5.74) is 13.1. The van der Waals surface area contributed by atoms with E-state index in [-0.39, 0.29) is 0 Å². The second-order valence-electron chi connectivity index (χ2n) is 16.0. The summed E-state index contributed by atoms with van der Waals surface area (Å²) < 4.78 is 2.57.